The Morgan fingerprint density at radius 2 is 1.90 bits per heavy atom. The van der Waals surface area contributed by atoms with E-state index in [1.807, 2.05) is 0 Å². The van der Waals surface area contributed by atoms with Crippen LogP contribution >= 0.6 is 0 Å². The van der Waals surface area contributed by atoms with Crippen molar-refractivity contribution in [3.05, 3.63) is 47.5 Å². The lowest BCUT2D eigenvalue weighted by Gasteiger charge is -2.04. The third-order valence-corrected chi connectivity index (χ3v) is 3.10. The van der Waals surface area contributed by atoms with Crippen molar-refractivity contribution < 1.29 is 15.0 Å². The van der Waals surface area contributed by atoms with Gasteiger partial charge in [-0.2, -0.15) is 0 Å². The number of primary amides is 1. The quantitative estimate of drug-likeness (QED) is 0.655. The van der Waals surface area contributed by atoms with Gasteiger partial charge in [0, 0.05) is 5.56 Å². The van der Waals surface area contributed by atoms with Crippen LogP contribution in [0.5, 0.6) is 5.75 Å². The summed E-state index contributed by atoms with van der Waals surface area (Å²) in [5, 5.41) is 27.5. The fraction of sp³-hybridized carbons (Fsp3) is 0.0714. The van der Waals surface area contributed by atoms with Crippen molar-refractivity contribution >= 4 is 16.9 Å². The predicted octanol–water partition coefficient (Wildman–Crippen LogP) is 0.717. The number of hydrogen-bond acceptors (Lipinski definition) is 5. The van der Waals surface area contributed by atoms with Crippen molar-refractivity contribution in [2.24, 2.45) is 5.73 Å². The molecule has 7 heteroatoms. The molecule has 0 aliphatic rings. The maximum atomic E-state index is 11.2. The van der Waals surface area contributed by atoms with Crippen LogP contribution in [0.1, 0.15) is 15.9 Å². The first-order chi connectivity index (χ1) is 10.1. The van der Waals surface area contributed by atoms with Gasteiger partial charge in [-0.25, -0.2) is 0 Å². The maximum Gasteiger partial charge on any atom is 0.248 e. The summed E-state index contributed by atoms with van der Waals surface area (Å²) in [5.41, 5.74) is 7.58. The molecule has 3 rings (SSSR count). The monoisotopic (exact) mass is 284 g/mol. The topological polar surface area (TPSA) is 114 Å². The van der Waals surface area contributed by atoms with Gasteiger partial charge in [0.25, 0.3) is 0 Å². The Labute approximate surface area is 119 Å². The number of fused-ring (bicyclic) bond motifs is 1. The number of benzene rings is 2. The van der Waals surface area contributed by atoms with E-state index in [1.165, 1.54) is 16.9 Å². The number of hydrogen-bond donors (Lipinski definition) is 3. The molecule has 3 aromatic rings. The minimum atomic E-state index is -0.545. The highest BCUT2D eigenvalue weighted by Gasteiger charge is 2.11. The molecule has 106 valence electrons. The molecule has 0 aliphatic heterocycles. The van der Waals surface area contributed by atoms with Crippen LogP contribution in [-0.2, 0) is 6.61 Å². The van der Waals surface area contributed by atoms with Gasteiger partial charge in [-0.3, -0.25) is 4.79 Å². The fourth-order valence-corrected chi connectivity index (χ4v) is 2.00. The van der Waals surface area contributed by atoms with Crippen molar-refractivity contribution in [2.75, 3.05) is 0 Å². The molecule has 21 heavy (non-hydrogen) atoms. The molecule has 0 radical (unpaired) electrons. The van der Waals surface area contributed by atoms with Crippen LogP contribution in [0.15, 0.2) is 36.4 Å². The molecule has 0 unspecified atom stereocenters. The number of rotatable bonds is 3. The zero-order valence-electron chi connectivity index (χ0n) is 10.9. The summed E-state index contributed by atoms with van der Waals surface area (Å²) in [6.07, 6.45) is 0. The summed E-state index contributed by atoms with van der Waals surface area (Å²) in [5.74, 6) is -0.556. The molecule has 1 heterocycles. The summed E-state index contributed by atoms with van der Waals surface area (Å²) in [7, 11) is 0. The van der Waals surface area contributed by atoms with Crippen molar-refractivity contribution in [3.8, 4) is 11.4 Å². The Morgan fingerprint density at radius 1 is 1.14 bits per heavy atom. The van der Waals surface area contributed by atoms with E-state index in [9.17, 15) is 9.90 Å². The van der Waals surface area contributed by atoms with E-state index >= 15 is 0 Å². The van der Waals surface area contributed by atoms with Crippen LogP contribution in [0.4, 0.5) is 0 Å². The van der Waals surface area contributed by atoms with Crippen molar-refractivity contribution in [1.82, 2.24) is 15.0 Å². The summed E-state index contributed by atoms with van der Waals surface area (Å²) in [6, 6.07) is 9.38. The van der Waals surface area contributed by atoms with Gasteiger partial charge in [0.1, 0.15) is 22.5 Å². The summed E-state index contributed by atoms with van der Waals surface area (Å²) < 4.78 is 0. The lowest BCUT2D eigenvalue weighted by molar-refractivity contribution is 0.100. The number of aliphatic hydroxyl groups excluding tert-OH is 1. The van der Waals surface area contributed by atoms with Gasteiger partial charge < -0.3 is 15.9 Å². The third-order valence-electron chi connectivity index (χ3n) is 3.10. The van der Waals surface area contributed by atoms with E-state index in [0.717, 1.165) is 0 Å². The van der Waals surface area contributed by atoms with Gasteiger partial charge in [-0.1, -0.05) is 6.07 Å². The number of aromatic hydroxyl groups is 1. The normalized spacial score (nSPS) is 10.9. The summed E-state index contributed by atoms with van der Waals surface area (Å²) >= 11 is 0. The molecule has 0 fully saturated rings. The SMILES string of the molecule is NC(=O)c1ccc2nn(-c3cc(CO)ccc3O)nc2c1. The molecule has 0 bridgehead atoms. The van der Waals surface area contributed by atoms with E-state index in [2.05, 4.69) is 10.2 Å². The zero-order chi connectivity index (χ0) is 15.0. The minimum Gasteiger partial charge on any atom is -0.506 e. The highest BCUT2D eigenvalue weighted by atomic mass is 16.3. The Balaban J connectivity index is 2.15. The molecular weight excluding hydrogens is 272 g/mol. The molecule has 0 aliphatic carbocycles. The molecule has 2 aromatic carbocycles. The zero-order valence-corrected chi connectivity index (χ0v) is 10.9. The molecule has 0 saturated heterocycles. The molecule has 1 amide bonds. The molecule has 0 atom stereocenters. The molecule has 7 nitrogen and oxygen atoms in total. The smallest absolute Gasteiger partial charge is 0.248 e. The molecule has 0 spiro atoms. The standard InChI is InChI=1S/C14H12N4O3/c15-14(21)9-2-3-10-11(6-9)17-18(16-10)12-5-8(7-19)1-4-13(12)20/h1-6,19-20H,7H2,(H2,15,21). The van der Waals surface area contributed by atoms with Crippen molar-refractivity contribution in [3.63, 3.8) is 0 Å². The number of aromatic nitrogens is 3. The van der Waals surface area contributed by atoms with E-state index in [-0.39, 0.29) is 12.4 Å². The predicted molar refractivity (Wildman–Crippen MR) is 75.0 cm³/mol. The van der Waals surface area contributed by atoms with Crippen LogP contribution in [0.3, 0.4) is 0 Å². The number of aliphatic hydroxyl groups is 1. The second-order valence-electron chi connectivity index (χ2n) is 4.54. The number of phenols is 1. The number of amides is 1. The van der Waals surface area contributed by atoms with Crippen LogP contribution in [0.2, 0.25) is 0 Å². The second-order valence-corrected chi connectivity index (χ2v) is 4.54. The summed E-state index contributed by atoms with van der Waals surface area (Å²) in [4.78, 5) is 12.4. The first-order valence-corrected chi connectivity index (χ1v) is 6.18. The van der Waals surface area contributed by atoms with Crippen LogP contribution in [-0.4, -0.2) is 31.1 Å². The number of phenolic OH excluding ortho intramolecular Hbond substituents is 1. The largest absolute Gasteiger partial charge is 0.506 e. The average molecular weight is 284 g/mol. The summed E-state index contributed by atoms with van der Waals surface area (Å²) in [6.45, 7) is -0.153. The van der Waals surface area contributed by atoms with Crippen LogP contribution < -0.4 is 5.73 Å². The van der Waals surface area contributed by atoms with Gasteiger partial charge in [-0.15, -0.1) is 15.0 Å². The van der Waals surface area contributed by atoms with E-state index in [4.69, 9.17) is 10.8 Å². The Hall–Kier alpha value is -2.93. The molecule has 0 saturated carbocycles. The Bertz CT molecular complexity index is 841. The molecular formula is C14H12N4O3. The Morgan fingerprint density at radius 3 is 2.62 bits per heavy atom. The first kappa shape index (κ1) is 13.1. The molecule has 4 N–H and O–H groups in total. The van der Waals surface area contributed by atoms with E-state index < -0.39 is 5.91 Å². The van der Waals surface area contributed by atoms with Crippen molar-refractivity contribution in [1.29, 1.82) is 0 Å². The van der Waals surface area contributed by atoms with E-state index in [0.29, 0.717) is 27.8 Å². The number of carbonyl (C=O) groups excluding carboxylic acids is 1. The number of nitrogens with zero attached hydrogens (tertiary/aromatic N) is 3. The lowest BCUT2D eigenvalue weighted by atomic mass is 10.2. The van der Waals surface area contributed by atoms with E-state index in [1.54, 1.807) is 24.3 Å². The highest BCUT2D eigenvalue weighted by Crippen LogP contribution is 2.23. The average Bonchev–Trinajstić information content (AvgIpc) is 2.90. The van der Waals surface area contributed by atoms with Gasteiger partial charge in [0.15, 0.2) is 0 Å². The van der Waals surface area contributed by atoms with Gasteiger partial charge in [0.2, 0.25) is 5.91 Å². The molecule has 1 aromatic heterocycles. The van der Waals surface area contributed by atoms with Gasteiger partial charge >= 0.3 is 0 Å². The lowest BCUT2D eigenvalue weighted by Crippen LogP contribution is -2.10. The minimum absolute atomic E-state index is 0.0115. The van der Waals surface area contributed by atoms with Crippen LogP contribution in [0.25, 0.3) is 16.7 Å². The maximum absolute atomic E-state index is 11.2. The van der Waals surface area contributed by atoms with Gasteiger partial charge in [-0.05, 0) is 35.9 Å². The van der Waals surface area contributed by atoms with Gasteiger partial charge in [0.05, 0.1) is 6.61 Å². The Kier molecular flexibility index (Phi) is 3.03. The first-order valence-electron chi connectivity index (χ1n) is 6.18. The number of carbonyl (C=O) groups is 1. The van der Waals surface area contributed by atoms with Crippen LogP contribution in [0, 0.1) is 0 Å². The fourth-order valence-electron chi connectivity index (χ4n) is 2.00. The van der Waals surface area contributed by atoms with Crippen molar-refractivity contribution in [2.45, 2.75) is 6.61 Å². The highest BCUT2D eigenvalue weighted by molar-refractivity contribution is 5.96. The third kappa shape index (κ3) is 2.30. The number of nitrogens with two attached hydrogens (primary N) is 1. The second kappa shape index (κ2) is 4.88.